The van der Waals surface area contributed by atoms with E-state index >= 15 is 0 Å². The zero-order valence-corrected chi connectivity index (χ0v) is 13.8. The van der Waals surface area contributed by atoms with Crippen LogP contribution in [0.5, 0.6) is 0 Å². The molecule has 22 heavy (non-hydrogen) atoms. The number of sulfonamides is 1. The lowest BCUT2D eigenvalue weighted by molar-refractivity contribution is 0.0793. The molecule has 0 aliphatic carbocycles. The van der Waals surface area contributed by atoms with E-state index in [2.05, 4.69) is 4.72 Å². The fraction of sp³-hybridized carbons (Fsp3) is 0.533. The first kappa shape index (κ1) is 16.8. The third-order valence-corrected chi connectivity index (χ3v) is 4.94. The summed E-state index contributed by atoms with van der Waals surface area (Å²) in [4.78, 5) is 14.4. The Kier molecular flexibility index (Phi) is 5.42. The summed E-state index contributed by atoms with van der Waals surface area (Å²) in [6, 6.07) is 5.18. The average Bonchev–Trinajstić information content (AvgIpc) is 2.98. The maximum absolute atomic E-state index is 12.7. The van der Waals surface area contributed by atoms with Crippen LogP contribution < -0.4 is 4.72 Å². The smallest absolute Gasteiger partial charge is 0.256 e. The van der Waals surface area contributed by atoms with Gasteiger partial charge in [0, 0.05) is 20.2 Å². The van der Waals surface area contributed by atoms with Crippen molar-refractivity contribution in [2.75, 3.05) is 37.3 Å². The highest BCUT2D eigenvalue weighted by Crippen LogP contribution is 2.24. The maximum atomic E-state index is 12.7. The molecule has 1 aromatic carbocycles. The summed E-state index contributed by atoms with van der Waals surface area (Å²) in [6.07, 6.45) is 1.99. The van der Waals surface area contributed by atoms with E-state index in [4.69, 9.17) is 4.74 Å². The number of amides is 1. The fourth-order valence-electron chi connectivity index (χ4n) is 2.53. The average molecular weight is 326 g/mol. The van der Waals surface area contributed by atoms with Gasteiger partial charge in [0.15, 0.2) is 0 Å². The molecule has 1 aromatic rings. The second-order valence-electron chi connectivity index (χ2n) is 5.41. The Bertz CT molecular complexity index is 637. The van der Waals surface area contributed by atoms with Crippen LogP contribution in [-0.4, -0.2) is 51.8 Å². The van der Waals surface area contributed by atoms with E-state index in [1.54, 1.807) is 17.0 Å². The Labute approximate surface area is 131 Å². The van der Waals surface area contributed by atoms with Crippen LogP contribution in [0.25, 0.3) is 0 Å². The van der Waals surface area contributed by atoms with Crippen molar-refractivity contribution >= 4 is 21.6 Å². The first-order valence-corrected chi connectivity index (χ1v) is 8.98. The quantitative estimate of drug-likeness (QED) is 0.862. The van der Waals surface area contributed by atoms with Gasteiger partial charge < -0.3 is 9.64 Å². The van der Waals surface area contributed by atoms with Crippen LogP contribution in [0.2, 0.25) is 0 Å². The number of benzene rings is 1. The SMILES string of the molecule is COCCS(=O)(=O)Nc1cccc(C)c1C(=O)N1CCCC1. The number of carbonyl (C=O) groups is 1. The monoisotopic (exact) mass is 326 g/mol. The number of nitrogens with one attached hydrogen (secondary N) is 1. The van der Waals surface area contributed by atoms with Crippen molar-refractivity contribution in [2.45, 2.75) is 19.8 Å². The molecule has 0 atom stereocenters. The Morgan fingerprint density at radius 1 is 1.32 bits per heavy atom. The number of carbonyl (C=O) groups excluding carboxylic acids is 1. The second kappa shape index (κ2) is 7.11. The molecule has 1 fully saturated rings. The van der Waals surface area contributed by atoms with E-state index in [1.165, 1.54) is 7.11 Å². The summed E-state index contributed by atoms with van der Waals surface area (Å²) < 4.78 is 31.4. The van der Waals surface area contributed by atoms with Crippen molar-refractivity contribution in [3.05, 3.63) is 29.3 Å². The van der Waals surface area contributed by atoms with Gasteiger partial charge in [-0.2, -0.15) is 0 Å². The molecule has 1 saturated heterocycles. The zero-order chi connectivity index (χ0) is 16.2. The summed E-state index contributed by atoms with van der Waals surface area (Å²) in [5, 5.41) is 0. The van der Waals surface area contributed by atoms with Crippen LogP contribution in [0.3, 0.4) is 0 Å². The largest absolute Gasteiger partial charge is 0.384 e. The zero-order valence-electron chi connectivity index (χ0n) is 13.0. The lowest BCUT2D eigenvalue weighted by atomic mass is 10.1. The van der Waals surface area contributed by atoms with Gasteiger partial charge in [-0.1, -0.05) is 12.1 Å². The summed E-state index contributed by atoms with van der Waals surface area (Å²) in [5.41, 5.74) is 1.54. The van der Waals surface area contributed by atoms with Crippen LogP contribution in [0.15, 0.2) is 18.2 Å². The standard InChI is InChI=1S/C15H22N2O4S/c1-12-6-5-7-13(16-22(19,20)11-10-21-2)14(12)15(18)17-8-3-4-9-17/h5-7,16H,3-4,8-11H2,1-2H3. The van der Waals surface area contributed by atoms with Crippen molar-refractivity contribution in [1.29, 1.82) is 0 Å². The number of methoxy groups -OCH3 is 1. The van der Waals surface area contributed by atoms with Crippen LogP contribution in [0.4, 0.5) is 5.69 Å². The van der Waals surface area contributed by atoms with E-state index in [-0.39, 0.29) is 18.3 Å². The number of anilines is 1. The topological polar surface area (TPSA) is 75.7 Å². The van der Waals surface area contributed by atoms with Gasteiger partial charge in [-0.3, -0.25) is 9.52 Å². The lowest BCUT2D eigenvalue weighted by Gasteiger charge is -2.20. The van der Waals surface area contributed by atoms with Crippen molar-refractivity contribution in [3.63, 3.8) is 0 Å². The van der Waals surface area contributed by atoms with E-state index in [0.29, 0.717) is 11.3 Å². The number of ether oxygens (including phenoxy) is 1. The van der Waals surface area contributed by atoms with Gasteiger partial charge >= 0.3 is 0 Å². The van der Waals surface area contributed by atoms with Crippen LogP contribution in [0, 0.1) is 6.92 Å². The van der Waals surface area contributed by atoms with Crippen molar-refractivity contribution in [3.8, 4) is 0 Å². The highest BCUT2D eigenvalue weighted by Gasteiger charge is 2.24. The number of nitrogens with zero attached hydrogens (tertiary/aromatic N) is 1. The molecule has 1 heterocycles. The molecule has 0 unspecified atom stereocenters. The molecule has 2 rings (SSSR count). The van der Waals surface area contributed by atoms with Crippen LogP contribution in [0.1, 0.15) is 28.8 Å². The minimum atomic E-state index is -3.54. The van der Waals surface area contributed by atoms with Gasteiger partial charge in [-0.15, -0.1) is 0 Å². The van der Waals surface area contributed by atoms with Gasteiger partial charge in [0.25, 0.3) is 5.91 Å². The van der Waals surface area contributed by atoms with E-state index in [0.717, 1.165) is 31.5 Å². The first-order chi connectivity index (χ1) is 10.4. The highest BCUT2D eigenvalue weighted by atomic mass is 32.2. The molecule has 122 valence electrons. The van der Waals surface area contributed by atoms with Gasteiger partial charge in [0.05, 0.1) is 23.6 Å². The first-order valence-electron chi connectivity index (χ1n) is 7.33. The minimum Gasteiger partial charge on any atom is -0.384 e. The summed E-state index contributed by atoms with van der Waals surface area (Å²) in [5.74, 6) is -0.255. The molecule has 0 spiro atoms. The van der Waals surface area contributed by atoms with Crippen molar-refractivity contribution < 1.29 is 17.9 Å². The highest BCUT2D eigenvalue weighted by molar-refractivity contribution is 7.92. The molecule has 0 saturated carbocycles. The minimum absolute atomic E-state index is 0.108. The molecular weight excluding hydrogens is 304 g/mol. The summed E-state index contributed by atoms with van der Waals surface area (Å²) in [7, 11) is -2.09. The predicted octanol–water partition coefficient (Wildman–Crippen LogP) is 1.62. The normalized spacial score (nSPS) is 15.1. The Balaban J connectivity index is 2.28. The number of likely N-dealkylation sites (tertiary alicyclic amines) is 1. The lowest BCUT2D eigenvalue weighted by Crippen LogP contribution is -2.30. The van der Waals surface area contributed by atoms with Gasteiger partial charge in [0.2, 0.25) is 10.0 Å². The molecule has 1 aliphatic heterocycles. The van der Waals surface area contributed by atoms with Crippen LogP contribution in [-0.2, 0) is 14.8 Å². The predicted molar refractivity (Wildman–Crippen MR) is 85.6 cm³/mol. The fourth-order valence-corrected chi connectivity index (χ4v) is 3.52. The second-order valence-corrected chi connectivity index (χ2v) is 7.25. The maximum Gasteiger partial charge on any atom is 0.256 e. The van der Waals surface area contributed by atoms with E-state index < -0.39 is 10.0 Å². The number of rotatable bonds is 6. The Hall–Kier alpha value is -1.60. The van der Waals surface area contributed by atoms with E-state index in [9.17, 15) is 13.2 Å². The van der Waals surface area contributed by atoms with E-state index in [1.807, 2.05) is 13.0 Å². The number of hydrogen-bond donors (Lipinski definition) is 1. The Morgan fingerprint density at radius 2 is 2.00 bits per heavy atom. The molecule has 6 nitrogen and oxygen atoms in total. The van der Waals surface area contributed by atoms with Crippen molar-refractivity contribution in [1.82, 2.24) is 4.90 Å². The number of hydrogen-bond acceptors (Lipinski definition) is 4. The molecule has 1 amide bonds. The molecule has 1 N–H and O–H groups in total. The number of aryl methyl sites for hydroxylation is 1. The summed E-state index contributed by atoms with van der Waals surface area (Å²) in [6.45, 7) is 3.37. The molecule has 0 bridgehead atoms. The third-order valence-electron chi connectivity index (χ3n) is 3.70. The van der Waals surface area contributed by atoms with Gasteiger partial charge in [0.1, 0.15) is 0 Å². The third kappa shape index (κ3) is 3.98. The molecule has 0 aromatic heterocycles. The molecule has 1 aliphatic rings. The Morgan fingerprint density at radius 3 is 2.64 bits per heavy atom. The molecular formula is C15H22N2O4S. The molecule has 7 heteroatoms. The van der Waals surface area contributed by atoms with Gasteiger partial charge in [-0.25, -0.2) is 8.42 Å². The summed E-state index contributed by atoms with van der Waals surface area (Å²) >= 11 is 0. The molecule has 0 radical (unpaired) electrons. The van der Waals surface area contributed by atoms with Gasteiger partial charge in [-0.05, 0) is 31.4 Å². The van der Waals surface area contributed by atoms with Crippen molar-refractivity contribution in [2.24, 2.45) is 0 Å². The van der Waals surface area contributed by atoms with Crippen LogP contribution >= 0.6 is 0 Å².